The molecule has 0 unspecified atom stereocenters. The molecule has 5 nitrogen and oxygen atoms in total. The number of ether oxygens (including phenoxy) is 1. The van der Waals surface area contributed by atoms with E-state index in [2.05, 4.69) is 5.32 Å². The molecule has 22 heavy (non-hydrogen) atoms. The highest BCUT2D eigenvalue weighted by atomic mass is 32.1. The number of thiophene rings is 1. The summed E-state index contributed by atoms with van der Waals surface area (Å²) in [7, 11) is 0. The molecule has 2 atom stereocenters. The number of likely N-dealkylation sites (tertiary alicyclic amines) is 1. The first kappa shape index (κ1) is 17.2. The molecule has 0 spiro atoms. The van der Waals surface area contributed by atoms with Crippen molar-refractivity contribution < 1.29 is 14.6 Å². The van der Waals surface area contributed by atoms with E-state index in [0.717, 1.165) is 24.9 Å². The molecule has 1 aliphatic rings. The lowest BCUT2D eigenvalue weighted by molar-refractivity contribution is 0.0183. The van der Waals surface area contributed by atoms with Crippen molar-refractivity contribution >= 4 is 17.4 Å². The van der Waals surface area contributed by atoms with Gasteiger partial charge in [-0.15, -0.1) is 0 Å². The number of carbonyl (C=O) groups is 1. The van der Waals surface area contributed by atoms with Crippen molar-refractivity contribution in [2.45, 2.75) is 51.4 Å². The number of aliphatic hydroxyl groups is 1. The summed E-state index contributed by atoms with van der Waals surface area (Å²) in [5.74, 6) is 0. The van der Waals surface area contributed by atoms with E-state index >= 15 is 0 Å². The van der Waals surface area contributed by atoms with Crippen LogP contribution in [0.15, 0.2) is 16.8 Å². The van der Waals surface area contributed by atoms with Crippen LogP contribution < -0.4 is 5.32 Å². The van der Waals surface area contributed by atoms with Crippen molar-refractivity contribution in [1.82, 2.24) is 10.2 Å². The van der Waals surface area contributed by atoms with Gasteiger partial charge in [-0.25, -0.2) is 4.79 Å². The minimum Gasteiger partial charge on any atom is -0.444 e. The number of amides is 1. The van der Waals surface area contributed by atoms with Gasteiger partial charge in [0, 0.05) is 25.7 Å². The second-order valence-corrected chi connectivity index (χ2v) is 7.53. The maximum Gasteiger partial charge on any atom is 0.410 e. The van der Waals surface area contributed by atoms with Crippen LogP contribution in [0.2, 0.25) is 0 Å². The smallest absolute Gasteiger partial charge is 0.410 e. The van der Waals surface area contributed by atoms with Crippen molar-refractivity contribution in [3.63, 3.8) is 0 Å². The van der Waals surface area contributed by atoms with Crippen LogP contribution in [0, 0.1) is 0 Å². The van der Waals surface area contributed by atoms with Gasteiger partial charge in [0.25, 0.3) is 0 Å². The zero-order valence-corrected chi connectivity index (χ0v) is 14.4. The first-order valence-electron chi connectivity index (χ1n) is 7.76. The Kier molecular flexibility index (Phi) is 5.83. The van der Waals surface area contributed by atoms with Crippen LogP contribution in [0.3, 0.4) is 0 Å². The molecule has 1 amide bonds. The summed E-state index contributed by atoms with van der Waals surface area (Å²) >= 11 is 1.58. The molecule has 1 aliphatic heterocycles. The maximum atomic E-state index is 12.1. The fourth-order valence-electron chi connectivity index (χ4n) is 2.50. The predicted molar refractivity (Wildman–Crippen MR) is 88.1 cm³/mol. The van der Waals surface area contributed by atoms with E-state index in [1.54, 1.807) is 16.2 Å². The van der Waals surface area contributed by atoms with E-state index in [0.29, 0.717) is 13.1 Å². The normalized spacial score (nSPS) is 20.7. The Morgan fingerprint density at radius 3 is 3.00 bits per heavy atom. The van der Waals surface area contributed by atoms with E-state index in [9.17, 15) is 9.90 Å². The van der Waals surface area contributed by atoms with Crippen LogP contribution in [-0.2, 0) is 4.74 Å². The molecule has 0 radical (unpaired) electrons. The van der Waals surface area contributed by atoms with Gasteiger partial charge in [0.1, 0.15) is 5.60 Å². The number of nitrogens with one attached hydrogen (secondary N) is 1. The van der Waals surface area contributed by atoms with Gasteiger partial charge < -0.3 is 20.1 Å². The average Bonchev–Trinajstić information content (AvgIpc) is 2.97. The van der Waals surface area contributed by atoms with E-state index < -0.39 is 11.7 Å². The fourth-order valence-corrected chi connectivity index (χ4v) is 3.20. The van der Waals surface area contributed by atoms with Crippen LogP contribution in [0.1, 0.15) is 45.3 Å². The fraction of sp³-hybridized carbons (Fsp3) is 0.688. The molecule has 0 bridgehead atoms. The van der Waals surface area contributed by atoms with Crippen molar-refractivity contribution in [1.29, 1.82) is 0 Å². The Morgan fingerprint density at radius 1 is 1.59 bits per heavy atom. The molecule has 1 aromatic heterocycles. The zero-order valence-electron chi connectivity index (χ0n) is 13.5. The topological polar surface area (TPSA) is 61.8 Å². The lowest BCUT2D eigenvalue weighted by Gasteiger charge is -2.34. The van der Waals surface area contributed by atoms with Gasteiger partial charge >= 0.3 is 6.09 Å². The highest BCUT2D eigenvalue weighted by Gasteiger charge is 2.27. The Hall–Kier alpha value is -1.11. The van der Waals surface area contributed by atoms with Crippen LogP contribution in [0.5, 0.6) is 0 Å². The number of rotatable bonds is 4. The quantitative estimate of drug-likeness (QED) is 0.893. The molecule has 2 heterocycles. The van der Waals surface area contributed by atoms with Crippen LogP contribution in [0.4, 0.5) is 4.79 Å². The minimum atomic E-state index is -0.497. The Labute approximate surface area is 136 Å². The Balaban J connectivity index is 1.79. The molecule has 0 aromatic carbocycles. The number of piperidine rings is 1. The lowest BCUT2D eigenvalue weighted by atomic mass is 10.1. The monoisotopic (exact) mass is 326 g/mol. The third-order valence-electron chi connectivity index (χ3n) is 3.60. The molecule has 0 saturated carbocycles. The number of hydrogen-bond donors (Lipinski definition) is 2. The summed E-state index contributed by atoms with van der Waals surface area (Å²) in [6, 6.07) is 2.14. The number of nitrogens with zero attached hydrogens (tertiary/aromatic N) is 1. The molecule has 2 rings (SSSR count). The lowest BCUT2D eigenvalue weighted by Crippen LogP contribution is -2.50. The molecular weight excluding hydrogens is 300 g/mol. The molecular formula is C16H26N2O3S. The summed E-state index contributed by atoms with van der Waals surface area (Å²) in [5.41, 5.74) is 0.476. The number of aliphatic hydroxyl groups excluding tert-OH is 1. The Morgan fingerprint density at radius 2 is 2.36 bits per heavy atom. The van der Waals surface area contributed by atoms with Crippen molar-refractivity contribution in [2.75, 3.05) is 19.6 Å². The van der Waals surface area contributed by atoms with E-state index in [4.69, 9.17) is 4.74 Å². The first-order chi connectivity index (χ1) is 10.3. The molecule has 0 aliphatic carbocycles. The molecule has 1 saturated heterocycles. The number of carbonyl (C=O) groups excluding carboxylic acids is 1. The summed E-state index contributed by atoms with van der Waals surface area (Å²) in [6.07, 6.45) is 1.21. The number of hydrogen-bond acceptors (Lipinski definition) is 5. The second kappa shape index (κ2) is 7.44. The van der Waals surface area contributed by atoms with Crippen LogP contribution >= 0.6 is 11.3 Å². The van der Waals surface area contributed by atoms with Gasteiger partial charge in [0.2, 0.25) is 0 Å². The molecule has 124 valence electrons. The summed E-state index contributed by atoms with van der Waals surface area (Å²) < 4.78 is 5.42. The summed E-state index contributed by atoms with van der Waals surface area (Å²) in [5, 5.41) is 17.4. The maximum absolute atomic E-state index is 12.1. The van der Waals surface area contributed by atoms with E-state index in [1.165, 1.54) is 0 Å². The highest BCUT2D eigenvalue weighted by Crippen LogP contribution is 2.18. The van der Waals surface area contributed by atoms with Crippen molar-refractivity contribution in [2.24, 2.45) is 0 Å². The Bertz CT molecular complexity index is 470. The summed E-state index contributed by atoms with van der Waals surface area (Å²) in [4.78, 5) is 13.9. The van der Waals surface area contributed by atoms with Gasteiger partial charge in [-0.3, -0.25) is 0 Å². The predicted octanol–water partition coefficient (Wildman–Crippen LogP) is 2.77. The van der Waals surface area contributed by atoms with Gasteiger partial charge in [-0.05, 0) is 56.0 Å². The van der Waals surface area contributed by atoms with Gasteiger partial charge in [-0.2, -0.15) is 11.3 Å². The first-order valence-corrected chi connectivity index (χ1v) is 8.71. The SMILES string of the molecule is CC(C)(C)OC(=O)N1CCC[C@H](NC[C@H](O)c2ccsc2)C1. The molecule has 2 N–H and O–H groups in total. The second-order valence-electron chi connectivity index (χ2n) is 6.75. The highest BCUT2D eigenvalue weighted by molar-refractivity contribution is 7.07. The van der Waals surface area contributed by atoms with Gasteiger partial charge in [0.05, 0.1) is 6.10 Å². The molecule has 1 fully saturated rings. The van der Waals surface area contributed by atoms with Gasteiger partial charge in [-0.1, -0.05) is 0 Å². The van der Waals surface area contributed by atoms with Gasteiger partial charge in [0.15, 0.2) is 0 Å². The van der Waals surface area contributed by atoms with Crippen molar-refractivity contribution in [3.8, 4) is 0 Å². The van der Waals surface area contributed by atoms with Crippen LogP contribution in [0.25, 0.3) is 0 Å². The van der Waals surface area contributed by atoms with E-state index in [1.807, 2.05) is 37.6 Å². The third-order valence-corrected chi connectivity index (χ3v) is 4.30. The summed E-state index contributed by atoms with van der Waals surface area (Å²) in [6.45, 7) is 7.50. The molecule has 1 aromatic rings. The van der Waals surface area contributed by atoms with Crippen LogP contribution in [-0.4, -0.2) is 47.4 Å². The largest absolute Gasteiger partial charge is 0.444 e. The van der Waals surface area contributed by atoms with E-state index in [-0.39, 0.29) is 12.1 Å². The average molecular weight is 326 g/mol. The standard InChI is InChI=1S/C16H26N2O3S/c1-16(2,3)21-15(20)18-7-4-5-13(10-18)17-9-14(19)12-6-8-22-11-12/h6,8,11,13-14,17,19H,4-5,7,9-10H2,1-3H3/t13-,14-/m0/s1. The minimum absolute atomic E-state index is 0.203. The third kappa shape index (κ3) is 5.26. The molecule has 6 heteroatoms. The zero-order chi connectivity index (χ0) is 16.2. The van der Waals surface area contributed by atoms with Crippen molar-refractivity contribution in [3.05, 3.63) is 22.4 Å².